The van der Waals surface area contributed by atoms with Crippen LogP contribution in [0.4, 0.5) is 5.69 Å². The van der Waals surface area contributed by atoms with Gasteiger partial charge in [-0.25, -0.2) is 8.42 Å². The minimum Gasteiger partial charge on any atom is -0.399 e. The van der Waals surface area contributed by atoms with Crippen molar-refractivity contribution in [1.29, 1.82) is 0 Å². The van der Waals surface area contributed by atoms with Crippen molar-refractivity contribution >= 4 is 15.7 Å². The molecular weight excluding hydrogens is 276 g/mol. The summed E-state index contributed by atoms with van der Waals surface area (Å²) in [6.45, 7) is 6.94. The summed E-state index contributed by atoms with van der Waals surface area (Å²) in [6, 6.07) is 3.34. The molecule has 1 heterocycles. The highest BCUT2D eigenvalue weighted by atomic mass is 32.2. The van der Waals surface area contributed by atoms with Crippen molar-refractivity contribution in [3.63, 3.8) is 0 Å². The molecular formula is C14H22N2O3S. The maximum atomic E-state index is 12.8. The Morgan fingerprint density at radius 1 is 1.40 bits per heavy atom. The molecule has 20 heavy (non-hydrogen) atoms. The number of nitrogens with two attached hydrogens (primary N) is 1. The van der Waals surface area contributed by atoms with Gasteiger partial charge in [0.05, 0.1) is 17.6 Å². The second-order valence-electron chi connectivity index (χ2n) is 5.23. The molecule has 0 radical (unpaired) electrons. The van der Waals surface area contributed by atoms with Gasteiger partial charge in [0, 0.05) is 18.8 Å². The zero-order valence-corrected chi connectivity index (χ0v) is 13.0. The number of nitrogen functional groups attached to an aromatic ring is 1. The molecule has 1 unspecified atom stereocenters. The van der Waals surface area contributed by atoms with E-state index in [0.29, 0.717) is 30.3 Å². The number of benzene rings is 1. The van der Waals surface area contributed by atoms with Crippen molar-refractivity contribution in [3.05, 3.63) is 23.3 Å². The second kappa shape index (κ2) is 5.71. The normalized spacial score (nSPS) is 21.1. The van der Waals surface area contributed by atoms with Crippen molar-refractivity contribution < 1.29 is 13.2 Å². The van der Waals surface area contributed by atoms with E-state index < -0.39 is 10.0 Å². The summed E-state index contributed by atoms with van der Waals surface area (Å²) in [5.74, 6) is 0. The van der Waals surface area contributed by atoms with Crippen LogP contribution in [0, 0.1) is 13.8 Å². The Labute approximate surface area is 120 Å². The first-order valence-corrected chi connectivity index (χ1v) is 8.28. The van der Waals surface area contributed by atoms with Crippen molar-refractivity contribution in [2.45, 2.75) is 38.2 Å². The highest BCUT2D eigenvalue weighted by molar-refractivity contribution is 7.89. The van der Waals surface area contributed by atoms with Gasteiger partial charge < -0.3 is 10.5 Å². The highest BCUT2D eigenvalue weighted by Crippen LogP contribution is 2.26. The first-order valence-electron chi connectivity index (χ1n) is 6.84. The van der Waals surface area contributed by atoms with E-state index in [-0.39, 0.29) is 6.10 Å². The highest BCUT2D eigenvalue weighted by Gasteiger charge is 2.31. The summed E-state index contributed by atoms with van der Waals surface area (Å²) in [5.41, 5.74) is 7.93. The SMILES string of the molecule is CCC1CN(S(=O)(=O)c2cc(N)cc(C)c2C)CCO1. The predicted molar refractivity (Wildman–Crippen MR) is 79.1 cm³/mol. The van der Waals surface area contributed by atoms with Gasteiger partial charge in [-0.05, 0) is 43.5 Å². The van der Waals surface area contributed by atoms with E-state index in [1.54, 1.807) is 12.1 Å². The number of anilines is 1. The summed E-state index contributed by atoms with van der Waals surface area (Å²) < 4.78 is 32.6. The largest absolute Gasteiger partial charge is 0.399 e. The Morgan fingerprint density at radius 3 is 2.75 bits per heavy atom. The van der Waals surface area contributed by atoms with Crippen LogP contribution in [0.2, 0.25) is 0 Å². The summed E-state index contributed by atoms with van der Waals surface area (Å²) >= 11 is 0. The zero-order chi connectivity index (χ0) is 14.9. The molecule has 1 fully saturated rings. The third kappa shape index (κ3) is 2.82. The van der Waals surface area contributed by atoms with Gasteiger partial charge in [0.25, 0.3) is 0 Å². The number of hydrogen-bond acceptors (Lipinski definition) is 4. The van der Waals surface area contributed by atoms with Gasteiger partial charge in [-0.3, -0.25) is 0 Å². The van der Waals surface area contributed by atoms with Crippen LogP contribution in [0.1, 0.15) is 24.5 Å². The lowest BCUT2D eigenvalue weighted by Crippen LogP contribution is -2.45. The summed E-state index contributed by atoms with van der Waals surface area (Å²) in [7, 11) is -3.51. The first-order chi connectivity index (χ1) is 9.36. The molecule has 0 aliphatic carbocycles. The van der Waals surface area contributed by atoms with E-state index in [1.807, 2.05) is 20.8 Å². The number of rotatable bonds is 3. The van der Waals surface area contributed by atoms with E-state index in [9.17, 15) is 8.42 Å². The number of sulfonamides is 1. The lowest BCUT2D eigenvalue weighted by Gasteiger charge is -2.32. The molecule has 1 saturated heterocycles. The Morgan fingerprint density at radius 2 is 2.10 bits per heavy atom. The molecule has 5 nitrogen and oxygen atoms in total. The molecule has 0 saturated carbocycles. The second-order valence-corrected chi connectivity index (χ2v) is 7.13. The lowest BCUT2D eigenvalue weighted by molar-refractivity contribution is -0.00278. The Hall–Kier alpha value is -1.11. The van der Waals surface area contributed by atoms with Crippen molar-refractivity contribution in [1.82, 2.24) is 4.31 Å². The molecule has 1 aliphatic heterocycles. The van der Waals surface area contributed by atoms with Gasteiger partial charge in [0.2, 0.25) is 10.0 Å². The molecule has 0 bridgehead atoms. The smallest absolute Gasteiger partial charge is 0.243 e. The van der Waals surface area contributed by atoms with Crippen LogP contribution in [0.25, 0.3) is 0 Å². The quantitative estimate of drug-likeness (QED) is 0.862. The van der Waals surface area contributed by atoms with E-state index in [2.05, 4.69) is 0 Å². The maximum absolute atomic E-state index is 12.8. The van der Waals surface area contributed by atoms with Crippen LogP contribution < -0.4 is 5.73 Å². The molecule has 1 aromatic carbocycles. The maximum Gasteiger partial charge on any atom is 0.243 e. The van der Waals surface area contributed by atoms with Gasteiger partial charge in [-0.1, -0.05) is 6.92 Å². The molecule has 2 rings (SSSR count). The molecule has 0 spiro atoms. The molecule has 6 heteroatoms. The van der Waals surface area contributed by atoms with Crippen molar-refractivity contribution in [2.24, 2.45) is 0 Å². The van der Waals surface area contributed by atoms with Gasteiger partial charge in [0.15, 0.2) is 0 Å². The van der Waals surface area contributed by atoms with E-state index in [0.717, 1.165) is 17.5 Å². The zero-order valence-electron chi connectivity index (χ0n) is 12.2. The van der Waals surface area contributed by atoms with Gasteiger partial charge in [0.1, 0.15) is 0 Å². The number of morpholine rings is 1. The van der Waals surface area contributed by atoms with Gasteiger partial charge >= 0.3 is 0 Å². The van der Waals surface area contributed by atoms with Crippen molar-refractivity contribution in [2.75, 3.05) is 25.4 Å². The standard InChI is InChI=1S/C14H22N2O3S/c1-4-13-9-16(5-6-19-13)20(17,18)14-8-12(15)7-10(2)11(14)3/h7-8,13H,4-6,9,15H2,1-3H3. The number of aryl methyl sites for hydroxylation is 1. The van der Waals surface area contributed by atoms with Crippen LogP contribution in [0.5, 0.6) is 0 Å². The third-order valence-corrected chi connectivity index (χ3v) is 5.81. The molecule has 2 N–H and O–H groups in total. The Kier molecular flexibility index (Phi) is 4.36. The van der Waals surface area contributed by atoms with E-state index >= 15 is 0 Å². The lowest BCUT2D eigenvalue weighted by atomic mass is 10.1. The fourth-order valence-corrected chi connectivity index (χ4v) is 4.21. The average molecular weight is 298 g/mol. The Balaban J connectivity index is 2.40. The topological polar surface area (TPSA) is 72.6 Å². The first kappa shape index (κ1) is 15.3. The average Bonchev–Trinajstić information content (AvgIpc) is 2.42. The number of nitrogens with zero attached hydrogens (tertiary/aromatic N) is 1. The van der Waals surface area contributed by atoms with Crippen LogP contribution in [-0.4, -0.2) is 38.5 Å². The molecule has 112 valence electrons. The molecule has 0 amide bonds. The summed E-state index contributed by atoms with van der Waals surface area (Å²) in [4.78, 5) is 0.312. The summed E-state index contributed by atoms with van der Waals surface area (Å²) in [5, 5.41) is 0. The molecule has 1 atom stereocenters. The molecule has 1 aliphatic rings. The Bertz CT molecular complexity index is 599. The van der Waals surface area contributed by atoms with E-state index in [1.165, 1.54) is 4.31 Å². The van der Waals surface area contributed by atoms with E-state index in [4.69, 9.17) is 10.5 Å². The minimum atomic E-state index is -3.51. The van der Waals surface area contributed by atoms with Crippen LogP contribution in [0.15, 0.2) is 17.0 Å². The predicted octanol–water partition coefficient (Wildman–Crippen LogP) is 1.69. The summed E-state index contributed by atoms with van der Waals surface area (Å²) in [6.07, 6.45) is 0.780. The fraction of sp³-hybridized carbons (Fsp3) is 0.571. The monoisotopic (exact) mass is 298 g/mol. The molecule has 1 aromatic rings. The van der Waals surface area contributed by atoms with Gasteiger partial charge in [-0.2, -0.15) is 4.31 Å². The number of ether oxygens (including phenoxy) is 1. The number of hydrogen-bond donors (Lipinski definition) is 1. The van der Waals surface area contributed by atoms with Crippen LogP contribution >= 0.6 is 0 Å². The molecule has 0 aromatic heterocycles. The van der Waals surface area contributed by atoms with Crippen LogP contribution in [-0.2, 0) is 14.8 Å². The van der Waals surface area contributed by atoms with Crippen LogP contribution in [0.3, 0.4) is 0 Å². The van der Waals surface area contributed by atoms with Gasteiger partial charge in [-0.15, -0.1) is 0 Å². The van der Waals surface area contributed by atoms with Crippen molar-refractivity contribution in [3.8, 4) is 0 Å². The minimum absolute atomic E-state index is 0.0269. The third-order valence-electron chi connectivity index (χ3n) is 3.82. The fourth-order valence-electron chi connectivity index (χ4n) is 2.42.